The summed E-state index contributed by atoms with van der Waals surface area (Å²) in [6, 6.07) is 13.2. The van der Waals surface area contributed by atoms with Crippen LogP contribution in [0.15, 0.2) is 53.4 Å². The van der Waals surface area contributed by atoms with Gasteiger partial charge in [0.05, 0.1) is 11.0 Å². The number of amides is 3. The number of piperazine rings is 1. The third kappa shape index (κ3) is 6.36. The Morgan fingerprint density at radius 2 is 1.79 bits per heavy atom. The predicted octanol–water partition coefficient (Wildman–Crippen LogP) is 1.02. The van der Waals surface area contributed by atoms with Crippen LogP contribution < -0.4 is 16.0 Å². The zero-order valence-corrected chi connectivity index (χ0v) is 21.8. The highest BCUT2D eigenvalue weighted by molar-refractivity contribution is 7.89. The molecule has 2 atom stereocenters. The van der Waals surface area contributed by atoms with Gasteiger partial charge < -0.3 is 20.9 Å². The zero-order chi connectivity index (χ0) is 27.3. The minimum absolute atomic E-state index is 0.117. The molecule has 11 nitrogen and oxygen atoms in total. The Balaban J connectivity index is 1.37. The Hall–Kier alpha value is -3.79. The molecule has 3 N–H and O–H groups in total. The molecule has 3 amide bonds. The van der Waals surface area contributed by atoms with Gasteiger partial charge in [0.2, 0.25) is 15.9 Å². The molecule has 0 bridgehead atoms. The normalized spacial score (nSPS) is 19.3. The molecule has 2 aromatic carbocycles. The van der Waals surface area contributed by atoms with Gasteiger partial charge in [0, 0.05) is 55.5 Å². The molecule has 0 aromatic heterocycles. The number of nitrogens with zero attached hydrogens (tertiary/aromatic N) is 3. The van der Waals surface area contributed by atoms with Crippen molar-refractivity contribution in [2.75, 3.05) is 45.1 Å². The van der Waals surface area contributed by atoms with E-state index < -0.39 is 27.9 Å². The third-order valence-electron chi connectivity index (χ3n) is 6.74. The van der Waals surface area contributed by atoms with E-state index in [0.717, 1.165) is 0 Å². The first-order chi connectivity index (χ1) is 18.2. The number of hydrogen-bond acceptors (Lipinski definition) is 7. The molecule has 12 heteroatoms. The summed E-state index contributed by atoms with van der Waals surface area (Å²) >= 11 is 0. The summed E-state index contributed by atoms with van der Waals surface area (Å²) in [4.78, 5) is 39.5. The van der Waals surface area contributed by atoms with E-state index in [4.69, 9.17) is 0 Å². The smallest absolute Gasteiger partial charge is 0.255 e. The van der Waals surface area contributed by atoms with Gasteiger partial charge in [-0.1, -0.05) is 6.07 Å². The largest absolute Gasteiger partial charge is 0.356 e. The Morgan fingerprint density at radius 3 is 2.42 bits per heavy atom. The van der Waals surface area contributed by atoms with Crippen molar-refractivity contribution in [3.8, 4) is 6.07 Å². The van der Waals surface area contributed by atoms with Crippen molar-refractivity contribution in [2.24, 2.45) is 5.92 Å². The minimum atomic E-state index is -3.64. The summed E-state index contributed by atoms with van der Waals surface area (Å²) in [5.74, 6) is -1.39. The average molecular weight is 539 g/mol. The van der Waals surface area contributed by atoms with E-state index in [2.05, 4.69) is 20.9 Å². The molecular formula is C26H30N6O5S. The van der Waals surface area contributed by atoms with Gasteiger partial charge in [0.1, 0.15) is 6.04 Å². The van der Waals surface area contributed by atoms with Gasteiger partial charge in [0.25, 0.3) is 11.8 Å². The molecule has 38 heavy (non-hydrogen) atoms. The van der Waals surface area contributed by atoms with Crippen molar-refractivity contribution in [3.05, 3.63) is 59.7 Å². The Bertz CT molecular complexity index is 1350. The molecule has 2 aromatic rings. The number of rotatable bonds is 8. The van der Waals surface area contributed by atoms with Gasteiger partial charge >= 0.3 is 0 Å². The first-order valence-electron chi connectivity index (χ1n) is 12.4. The van der Waals surface area contributed by atoms with Gasteiger partial charge in [-0.25, -0.2) is 8.42 Å². The lowest BCUT2D eigenvalue weighted by atomic mass is 9.99. The van der Waals surface area contributed by atoms with Crippen LogP contribution in [-0.4, -0.2) is 81.2 Å². The van der Waals surface area contributed by atoms with E-state index in [1.54, 1.807) is 18.2 Å². The third-order valence-corrected chi connectivity index (χ3v) is 8.66. The molecule has 2 saturated heterocycles. The van der Waals surface area contributed by atoms with E-state index in [0.29, 0.717) is 44.8 Å². The maximum atomic E-state index is 12.9. The van der Waals surface area contributed by atoms with E-state index in [9.17, 15) is 28.1 Å². The quantitative estimate of drug-likeness (QED) is 0.454. The maximum absolute atomic E-state index is 12.9. The van der Waals surface area contributed by atoms with Crippen LogP contribution in [0, 0.1) is 17.2 Å². The lowest BCUT2D eigenvalue weighted by molar-refractivity contribution is -0.122. The number of anilines is 1. The molecule has 200 valence electrons. The van der Waals surface area contributed by atoms with Crippen molar-refractivity contribution in [1.29, 1.82) is 5.26 Å². The second-order valence-electron chi connectivity index (χ2n) is 9.43. The highest BCUT2D eigenvalue weighted by atomic mass is 32.2. The van der Waals surface area contributed by atoms with Crippen molar-refractivity contribution < 1.29 is 22.8 Å². The van der Waals surface area contributed by atoms with E-state index in [1.165, 1.54) is 34.6 Å². The molecule has 2 fully saturated rings. The average Bonchev–Trinajstić information content (AvgIpc) is 3.32. The van der Waals surface area contributed by atoms with E-state index in [-0.39, 0.29) is 34.3 Å². The minimum Gasteiger partial charge on any atom is -0.356 e. The fourth-order valence-corrected chi connectivity index (χ4v) is 5.86. The monoisotopic (exact) mass is 538 g/mol. The number of carbonyl (C=O) groups is 3. The first kappa shape index (κ1) is 27.3. The number of likely N-dealkylation sites (N-methyl/N-ethyl adjacent to an activating group) is 1. The Morgan fingerprint density at radius 1 is 1.08 bits per heavy atom. The van der Waals surface area contributed by atoms with Crippen molar-refractivity contribution >= 4 is 33.4 Å². The number of hydrogen-bond donors (Lipinski definition) is 3. The molecule has 2 aliphatic heterocycles. The van der Waals surface area contributed by atoms with Gasteiger partial charge in [-0.2, -0.15) is 9.57 Å². The summed E-state index contributed by atoms with van der Waals surface area (Å²) < 4.78 is 27.3. The number of carbonyl (C=O) groups excluding carboxylic acids is 3. The fourth-order valence-electron chi connectivity index (χ4n) is 4.44. The van der Waals surface area contributed by atoms with Crippen molar-refractivity contribution in [2.45, 2.75) is 23.8 Å². The second kappa shape index (κ2) is 11.7. The van der Waals surface area contributed by atoms with Crippen LogP contribution in [0.3, 0.4) is 0 Å². The maximum Gasteiger partial charge on any atom is 0.255 e. The molecule has 1 unspecified atom stereocenters. The molecule has 2 aliphatic rings. The summed E-state index contributed by atoms with van der Waals surface area (Å²) in [5, 5.41) is 17.5. The predicted molar refractivity (Wildman–Crippen MR) is 140 cm³/mol. The molecule has 0 radical (unpaired) electrons. The summed E-state index contributed by atoms with van der Waals surface area (Å²) in [6.07, 6.45) is 0.849. The standard InChI is InChI=1S/C26H30N6O5S/c1-31-11-13-32(14-12-31)38(36,37)23-7-5-18(6-8-23)25(34)29-21-4-2-3-19(15-21)26(35)30-22(17-27)16-20-9-10-28-24(20)33/h2-8,15,20,22H,9-14,16H2,1H3,(H,28,33)(H,29,34)(H,30,35)/t20?,22-/m0/s1. The highest BCUT2D eigenvalue weighted by Crippen LogP contribution is 2.20. The molecular weight excluding hydrogens is 508 g/mol. The fraction of sp³-hybridized carbons (Fsp3) is 0.385. The number of benzene rings is 2. The lowest BCUT2D eigenvalue weighted by Gasteiger charge is -2.31. The van der Waals surface area contributed by atoms with Crippen LogP contribution in [0.4, 0.5) is 5.69 Å². The van der Waals surface area contributed by atoms with Crippen LogP contribution in [0.1, 0.15) is 33.6 Å². The number of nitriles is 1. The number of nitrogens with one attached hydrogen (secondary N) is 3. The zero-order valence-electron chi connectivity index (χ0n) is 21.0. The lowest BCUT2D eigenvalue weighted by Crippen LogP contribution is -2.47. The second-order valence-corrected chi connectivity index (χ2v) is 11.4. The van der Waals surface area contributed by atoms with Crippen molar-refractivity contribution in [3.63, 3.8) is 0 Å². The Kier molecular flexibility index (Phi) is 8.41. The van der Waals surface area contributed by atoms with Crippen LogP contribution in [0.5, 0.6) is 0 Å². The van der Waals surface area contributed by atoms with Crippen LogP contribution >= 0.6 is 0 Å². The van der Waals surface area contributed by atoms with Crippen LogP contribution in [0.25, 0.3) is 0 Å². The van der Waals surface area contributed by atoms with Gasteiger partial charge in [-0.05, 0) is 62.4 Å². The van der Waals surface area contributed by atoms with E-state index >= 15 is 0 Å². The van der Waals surface area contributed by atoms with E-state index in [1.807, 2.05) is 13.1 Å². The molecule has 0 saturated carbocycles. The molecule has 4 rings (SSSR count). The summed E-state index contributed by atoms with van der Waals surface area (Å²) in [7, 11) is -1.69. The summed E-state index contributed by atoms with van der Waals surface area (Å²) in [6.45, 7) is 2.70. The van der Waals surface area contributed by atoms with Gasteiger partial charge in [0.15, 0.2) is 0 Å². The van der Waals surface area contributed by atoms with Crippen molar-refractivity contribution in [1.82, 2.24) is 19.8 Å². The highest BCUT2D eigenvalue weighted by Gasteiger charge is 2.29. The molecule has 2 heterocycles. The number of sulfonamides is 1. The van der Waals surface area contributed by atoms with Crippen LogP contribution in [-0.2, 0) is 14.8 Å². The van der Waals surface area contributed by atoms with Gasteiger partial charge in [-0.3, -0.25) is 14.4 Å². The topological polar surface area (TPSA) is 152 Å². The molecule has 0 spiro atoms. The first-order valence-corrected chi connectivity index (χ1v) is 13.8. The SMILES string of the molecule is CN1CCN(S(=O)(=O)c2ccc(C(=O)Nc3cccc(C(=O)N[C@H](C#N)CC4CCNC4=O)c3)cc2)CC1. The summed E-state index contributed by atoms with van der Waals surface area (Å²) in [5.41, 5.74) is 0.865. The Labute approximate surface area is 221 Å². The molecule has 0 aliphatic carbocycles. The van der Waals surface area contributed by atoms with Gasteiger partial charge in [-0.15, -0.1) is 0 Å². The van der Waals surface area contributed by atoms with Crippen LogP contribution in [0.2, 0.25) is 0 Å².